The number of hydrogen-bond donors (Lipinski definition) is 0. The van der Waals surface area contributed by atoms with Crippen LogP contribution in [0, 0.1) is 5.92 Å². The minimum absolute atomic E-state index is 0. The summed E-state index contributed by atoms with van der Waals surface area (Å²) in [5, 5.41) is 0. The van der Waals surface area contributed by atoms with Crippen molar-refractivity contribution in [3.05, 3.63) is 47.0 Å². The molecule has 1 amide bonds. The van der Waals surface area contributed by atoms with Gasteiger partial charge in [0.25, 0.3) is 5.91 Å². The van der Waals surface area contributed by atoms with Gasteiger partial charge in [0.1, 0.15) is 0 Å². The Balaban J connectivity index is 0.00000361. The van der Waals surface area contributed by atoms with E-state index < -0.39 is 0 Å². The summed E-state index contributed by atoms with van der Waals surface area (Å²) in [6, 6.07) is 9.95. The van der Waals surface area contributed by atoms with Gasteiger partial charge in [0.05, 0.1) is 28.4 Å². The third kappa shape index (κ3) is 6.37. The van der Waals surface area contributed by atoms with Crippen LogP contribution in [0.2, 0.25) is 0 Å². The van der Waals surface area contributed by atoms with Crippen molar-refractivity contribution in [1.29, 1.82) is 0 Å². The number of nitrogens with zero attached hydrogens (tertiary/aromatic N) is 2. The molecule has 0 aliphatic carbocycles. The summed E-state index contributed by atoms with van der Waals surface area (Å²) >= 11 is 0. The maximum atomic E-state index is 13.3. The van der Waals surface area contributed by atoms with Crippen LogP contribution in [0.5, 0.6) is 23.0 Å². The number of fused-ring (bicyclic) bond motifs is 1. The van der Waals surface area contributed by atoms with Gasteiger partial charge in [0, 0.05) is 31.7 Å². The predicted octanol–water partition coefficient (Wildman–Crippen LogP) is 4.49. The van der Waals surface area contributed by atoms with Crippen LogP contribution in [-0.2, 0) is 12.8 Å². The van der Waals surface area contributed by atoms with E-state index in [9.17, 15) is 4.79 Å². The first-order valence-electron chi connectivity index (χ1n) is 12.5. The molecule has 8 heteroatoms. The fraction of sp³-hybridized carbons (Fsp3) is 0.536. The molecule has 1 fully saturated rings. The van der Waals surface area contributed by atoms with Gasteiger partial charge in [-0.05, 0) is 73.5 Å². The summed E-state index contributed by atoms with van der Waals surface area (Å²) in [4.78, 5) is 17.9. The van der Waals surface area contributed by atoms with E-state index in [1.54, 1.807) is 28.4 Å². The SMILES string of the molecule is COc1ccc(CCN2CCCCC(CN3CCc4cc(OC)c(OC)cc4C3=O)C2)cc1OC.Cl. The van der Waals surface area contributed by atoms with E-state index in [-0.39, 0.29) is 18.3 Å². The van der Waals surface area contributed by atoms with Gasteiger partial charge in [-0.2, -0.15) is 0 Å². The van der Waals surface area contributed by atoms with E-state index in [0.717, 1.165) is 74.6 Å². The minimum atomic E-state index is 0. The van der Waals surface area contributed by atoms with E-state index in [4.69, 9.17) is 18.9 Å². The molecule has 0 aromatic heterocycles. The summed E-state index contributed by atoms with van der Waals surface area (Å²) in [7, 11) is 6.57. The number of methoxy groups -OCH3 is 4. The molecule has 0 N–H and O–H groups in total. The van der Waals surface area contributed by atoms with Gasteiger partial charge in [-0.1, -0.05) is 12.5 Å². The molecule has 1 atom stereocenters. The van der Waals surface area contributed by atoms with Crippen LogP contribution in [0.3, 0.4) is 0 Å². The molecule has 4 rings (SSSR count). The third-order valence-corrected chi connectivity index (χ3v) is 7.27. The lowest BCUT2D eigenvalue weighted by Crippen LogP contribution is -2.43. The maximum absolute atomic E-state index is 13.3. The van der Waals surface area contributed by atoms with Crippen molar-refractivity contribution in [2.24, 2.45) is 5.92 Å². The van der Waals surface area contributed by atoms with Gasteiger partial charge in [-0.15, -0.1) is 12.4 Å². The average Bonchev–Trinajstić information content (AvgIpc) is 3.13. The minimum Gasteiger partial charge on any atom is -0.493 e. The van der Waals surface area contributed by atoms with Crippen LogP contribution in [0.4, 0.5) is 0 Å². The summed E-state index contributed by atoms with van der Waals surface area (Å²) in [5.41, 5.74) is 3.03. The molecule has 2 aliphatic heterocycles. The summed E-state index contributed by atoms with van der Waals surface area (Å²) in [5.74, 6) is 3.41. The Kier molecular flexibility index (Phi) is 10.1. The van der Waals surface area contributed by atoms with Crippen molar-refractivity contribution in [3.63, 3.8) is 0 Å². The van der Waals surface area contributed by atoms with Crippen molar-refractivity contribution in [2.75, 3.05) is 61.2 Å². The number of halogens is 1. The van der Waals surface area contributed by atoms with Gasteiger partial charge in [-0.25, -0.2) is 0 Å². The quantitative estimate of drug-likeness (QED) is 0.487. The van der Waals surface area contributed by atoms with E-state index in [0.29, 0.717) is 17.4 Å². The molecule has 1 unspecified atom stereocenters. The number of amides is 1. The van der Waals surface area contributed by atoms with Gasteiger partial charge in [0.2, 0.25) is 0 Å². The lowest BCUT2D eigenvalue weighted by molar-refractivity contribution is 0.0695. The second-order valence-corrected chi connectivity index (χ2v) is 9.47. The molecule has 0 spiro atoms. The number of carbonyl (C=O) groups is 1. The lowest BCUT2D eigenvalue weighted by atomic mass is 9.95. The normalized spacial score (nSPS) is 18.1. The van der Waals surface area contributed by atoms with Crippen LogP contribution in [0.25, 0.3) is 0 Å². The number of ether oxygens (including phenoxy) is 4. The first-order chi connectivity index (χ1) is 17.1. The number of hydrogen-bond acceptors (Lipinski definition) is 6. The molecule has 198 valence electrons. The monoisotopic (exact) mass is 518 g/mol. The van der Waals surface area contributed by atoms with Crippen LogP contribution in [-0.4, -0.2) is 76.9 Å². The van der Waals surface area contributed by atoms with Gasteiger partial charge >= 0.3 is 0 Å². The standard InChI is InChI=1S/C28H38N2O5.ClH/c1-32-24-9-8-20(15-25(24)33-2)10-13-29-12-6-5-7-21(18-29)19-30-14-11-22-16-26(34-3)27(35-4)17-23(22)28(30)31;/h8-9,15-17,21H,5-7,10-14,18-19H2,1-4H3;1H. The first kappa shape index (κ1) is 27.9. The predicted molar refractivity (Wildman–Crippen MR) is 143 cm³/mol. The van der Waals surface area contributed by atoms with E-state index in [1.165, 1.54) is 18.4 Å². The average molecular weight is 519 g/mol. The number of rotatable bonds is 9. The molecule has 36 heavy (non-hydrogen) atoms. The first-order valence-corrected chi connectivity index (χ1v) is 12.5. The van der Waals surface area contributed by atoms with E-state index in [1.807, 2.05) is 23.1 Å². The molecule has 1 saturated heterocycles. The molecular formula is C28H39ClN2O5. The van der Waals surface area contributed by atoms with E-state index in [2.05, 4.69) is 17.0 Å². The molecule has 0 saturated carbocycles. The Morgan fingerprint density at radius 1 is 0.861 bits per heavy atom. The highest BCUT2D eigenvalue weighted by molar-refractivity contribution is 5.97. The van der Waals surface area contributed by atoms with Crippen molar-refractivity contribution >= 4 is 18.3 Å². The highest BCUT2D eigenvalue weighted by Gasteiger charge is 2.29. The second-order valence-electron chi connectivity index (χ2n) is 9.47. The Bertz CT molecular complexity index is 1030. The van der Waals surface area contributed by atoms with Gasteiger partial charge < -0.3 is 28.7 Å². The third-order valence-electron chi connectivity index (χ3n) is 7.27. The Labute approximate surface area is 221 Å². The zero-order valence-electron chi connectivity index (χ0n) is 21.9. The summed E-state index contributed by atoms with van der Waals surface area (Å²) in [6.45, 7) is 4.69. The Morgan fingerprint density at radius 3 is 2.28 bits per heavy atom. The second kappa shape index (κ2) is 13.1. The zero-order valence-corrected chi connectivity index (χ0v) is 22.7. The van der Waals surface area contributed by atoms with Gasteiger partial charge in [0.15, 0.2) is 23.0 Å². The number of benzene rings is 2. The Hall–Kier alpha value is -2.64. The Morgan fingerprint density at radius 2 is 1.56 bits per heavy atom. The molecule has 2 aromatic rings. The smallest absolute Gasteiger partial charge is 0.254 e. The summed E-state index contributed by atoms with van der Waals surface area (Å²) in [6.07, 6.45) is 5.38. The van der Waals surface area contributed by atoms with Crippen LogP contribution < -0.4 is 18.9 Å². The summed E-state index contributed by atoms with van der Waals surface area (Å²) < 4.78 is 21.7. The maximum Gasteiger partial charge on any atom is 0.254 e. The molecule has 0 bridgehead atoms. The largest absolute Gasteiger partial charge is 0.493 e. The molecule has 2 heterocycles. The highest BCUT2D eigenvalue weighted by Crippen LogP contribution is 2.34. The molecule has 7 nitrogen and oxygen atoms in total. The molecule has 2 aliphatic rings. The van der Waals surface area contributed by atoms with Crippen molar-refractivity contribution in [1.82, 2.24) is 9.80 Å². The van der Waals surface area contributed by atoms with Gasteiger partial charge in [-0.3, -0.25) is 4.79 Å². The highest BCUT2D eigenvalue weighted by atomic mass is 35.5. The molecule has 2 aromatic carbocycles. The number of carbonyl (C=O) groups excluding carboxylic acids is 1. The van der Waals surface area contributed by atoms with Crippen LogP contribution >= 0.6 is 12.4 Å². The van der Waals surface area contributed by atoms with Crippen LogP contribution in [0.15, 0.2) is 30.3 Å². The van der Waals surface area contributed by atoms with Crippen LogP contribution in [0.1, 0.15) is 40.7 Å². The number of likely N-dealkylation sites (tertiary alicyclic amines) is 1. The topological polar surface area (TPSA) is 60.5 Å². The van der Waals surface area contributed by atoms with Crippen molar-refractivity contribution in [3.8, 4) is 23.0 Å². The fourth-order valence-corrected chi connectivity index (χ4v) is 5.33. The molecule has 0 radical (unpaired) electrons. The van der Waals surface area contributed by atoms with Crippen molar-refractivity contribution < 1.29 is 23.7 Å². The van der Waals surface area contributed by atoms with Crippen molar-refractivity contribution in [2.45, 2.75) is 32.1 Å². The van der Waals surface area contributed by atoms with E-state index >= 15 is 0 Å². The lowest BCUT2D eigenvalue weighted by Gasteiger charge is -2.33. The molecular weight excluding hydrogens is 480 g/mol. The zero-order chi connectivity index (χ0) is 24.8. The fourth-order valence-electron chi connectivity index (χ4n) is 5.33.